The van der Waals surface area contributed by atoms with Gasteiger partial charge in [-0.2, -0.15) is 0 Å². The quantitative estimate of drug-likeness (QED) is 0.855. The van der Waals surface area contributed by atoms with E-state index in [0.717, 1.165) is 10.6 Å². The third-order valence-corrected chi connectivity index (χ3v) is 3.15. The summed E-state index contributed by atoms with van der Waals surface area (Å²) in [6.07, 6.45) is 0.116. The van der Waals surface area contributed by atoms with Crippen LogP contribution in [0.2, 0.25) is 5.02 Å². The first-order valence-electron chi connectivity index (χ1n) is 5.56. The summed E-state index contributed by atoms with van der Waals surface area (Å²) in [5.41, 5.74) is 1.09. The second-order valence-corrected chi connectivity index (χ2v) is 4.64. The summed E-state index contributed by atoms with van der Waals surface area (Å²) in [5.74, 6) is 0.429. The third-order valence-electron chi connectivity index (χ3n) is 2.81. The Hall–Kier alpha value is -0.570. The Labute approximate surface area is 103 Å². The lowest BCUT2D eigenvalue weighted by Crippen LogP contribution is -2.34. The zero-order valence-electron chi connectivity index (χ0n) is 10.3. The molecule has 0 saturated carbocycles. The summed E-state index contributed by atoms with van der Waals surface area (Å²) in [5, 5.41) is 4.06. The minimum Gasteiger partial charge on any atom is -0.379 e. The Balaban J connectivity index is 3.02. The van der Waals surface area contributed by atoms with Crippen molar-refractivity contribution < 1.29 is 4.74 Å². The molecule has 2 nitrogen and oxygen atoms in total. The first-order valence-corrected chi connectivity index (χ1v) is 5.94. The van der Waals surface area contributed by atoms with Crippen molar-refractivity contribution in [1.29, 1.82) is 0 Å². The molecule has 90 valence electrons. The van der Waals surface area contributed by atoms with Gasteiger partial charge in [0.1, 0.15) is 0 Å². The maximum absolute atomic E-state index is 6.21. The monoisotopic (exact) mass is 241 g/mol. The highest BCUT2D eigenvalue weighted by atomic mass is 35.5. The van der Waals surface area contributed by atoms with Gasteiger partial charge in [-0.3, -0.25) is 0 Å². The van der Waals surface area contributed by atoms with E-state index in [4.69, 9.17) is 16.3 Å². The van der Waals surface area contributed by atoms with Crippen LogP contribution < -0.4 is 5.32 Å². The van der Waals surface area contributed by atoms with Gasteiger partial charge in [0.25, 0.3) is 0 Å². The second kappa shape index (κ2) is 6.24. The van der Waals surface area contributed by atoms with Crippen LogP contribution in [0, 0.1) is 5.92 Å². The zero-order chi connectivity index (χ0) is 12.1. The standard InChI is InChI=1S/C13H20ClNO/c1-9(2)13(16-4)12(15-3)10-7-5-6-8-11(10)14/h5-9,12-13,15H,1-4H3. The van der Waals surface area contributed by atoms with Gasteiger partial charge in [-0.15, -0.1) is 0 Å². The number of hydrogen-bond donors (Lipinski definition) is 1. The van der Waals surface area contributed by atoms with Gasteiger partial charge in [-0.05, 0) is 24.6 Å². The Bertz CT molecular complexity index is 327. The van der Waals surface area contributed by atoms with Crippen molar-refractivity contribution in [3.63, 3.8) is 0 Å². The van der Waals surface area contributed by atoms with Gasteiger partial charge in [0, 0.05) is 12.1 Å². The topological polar surface area (TPSA) is 21.3 Å². The highest BCUT2D eigenvalue weighted by Gasteiger charge is 2.25. The third kappa shape index (κ3) is 2.97. The molecule has 0 spiro atoms. The molecule has 1 aromatic carbocycles. The van der Waals surface area contributed by atoms with Crippen molar-refractivity contribution in [2.45, 2.75) is 26.0 Å². The fraction of sp³-hybridized carbons (Fsp3) is 0.538. The van der Waals surface area contributed by atoms with E-state index >= 15 is 0 Å². The Morgan fingerprint density at radius 3 is 2.31 bits per heavy atom. The van der Waals surface area contributed by atoms with Gasteiger partial charge in [-0.1, -0.05) is 43.6 Å². The molecule has 16 heavy (non-hydrogen) atoms. The van der Waals surface area contributed by atoms with Crippen LogP contribution in [0.15, 0.2) is 24.3 Å². The molecule has 1 rings (SSSR count). The minimum absolute atomic E-state index is 0.116. The molecule has 0 aliphatic rings. The van der Waals surface area contributed by atoms with Crippen LogP contribution in [0.1, 0.15) is 25.5 Å². The molecule has 0 radical (unpaired) electrons. The molecule has 2 atom stereocenters. The number of rotatable bonds is 5. The average molecular weight is 242 g/mol. The van der Waals surface area contributed by atoms with Crippen molar-refractivity contribution in [3.05, 3.63) is 34.9 Å². The van der Waals surface area contributed by atoms with Crippen LogP contribution >= 0.6 is 11.6 Å². The maximum atomic E-state index is 6.21. The summed E-state index contributed by atoms with van der Waals surface area (Å²) >= 11 is 6.21. The van der Waals surface area contributed by atoms with Gasteiger partial charge < -0.3 is 10.1 Å². The molecule has 2 unspecified atom stereocenters. The summed E-state index contributed by atoms with van der Waals surface area (Å²) < 4.78 is 5.55. The van der Waals surface area contributed by atoms with E-state index in [-0.39, 0.29) is 12.1 Å². The molecule has 1 aromatic rings. The van der Waals surface area contributed by atoms with E-state index in [1.165, 1.54) is 0 Å². The fourth-order valence-corrected chi connectivity index (χ4v) is 2.27. The van der Waals surface area contributed by atoms with Gasteiger partial charge in [0.05, 0.1) is 12.1 Å². The maximum Gasteiger partial charge on any atom is 0.0789 e. The lowest BCUT2D eigenvalue weighted by molar-refractivity contribution is 0.0348. The summed E-state index contributed by atoms with van der Waals surface area (Å²) in [4.78, 5) is 0. The average Bonchev–Trinajstić information content (AvgIpc) is 2.26. The van der Waals surface area contributed by atoms with Crippen molar-refractivity contribution >= 4 is 11.6 Å². The smallest absolute Gasteiger partial charge is 0.0789 e. The molecule has 0 saturated heterocycles. The number of likely N-dealkylation sites (N-methyl/N-ethyl adjacent to an activating group) is 1. The first kappa shape index (κ1) is 13.5. The number of halogens is 1. The van der Waals surface area contributed by atoms with E-state index in [1.54, 1.807) is 7.11 Å². The number of hydrogen-bond acceptors (Lipinski definition) is 2. The zero-order valence-corrected chi connectivity index (χ0v) is 11.1. The summed E-state index contributed by atoms with van der Waals surface area (Å²) in [6.45, 7) is 4.30. The molecule has 3 heteroatoms. The first-order chi connectivity index (χ1) is 7.61. The Morgan fingerprint density at radius 2 is 1.88 bits per heavy atom. The summed E-state index contributed by atoms with van der Waals surface area (Å²) in [7, 11) is 3.67. The highest BCUT2D eigenvalue weighted by Crippen LogP contribution is 2.29. The van der Waals surface area contributed by atoms with E-state index in [1.807, 2.05) is 31.3 Å². The second-order valence-electron chi connectivity index (χ2n) is 4.23. The van der Waals surface area contributed by atoms with E-state index in [2.05, 4.69) is 19.2 Å². The van der Waals surface area contributed by atoms with E-state index in [0.29, 0.717) is 5.92 Å². The number of benzene rings is 1. The predicted octanol–water partition coefficient (Wildman–Crippen LogP) is 3.27. The van der Waals surface area contributed by atoms with Gasteiger partial charge in [-0.25, -0.2) is 0 Å². The number of nitrogens with one attached hydrogen (secondary N) is 1. The predicted molar refractivity (Wildman–Crippen MR) is 68.9 cm³/mol. The van der Waals surface area contributed by atoms with Gasteiger partial charge in [0.2, 0.25) is 0 Å². The number of methoxy groups -OCH3 is 1. The van der Waals surface area contributed by atoms with Crippen LogP contribution in [-0.4, -0.2) is 20.3 Å². The summed E-state index contributed by atoms with van der Waals surface area (Å²) in [6, 6.07) is 8.01. The highest BCUT2D eigenvalue weighted by molar-refractivity contribution is 6.31. The molecule has 0 heterocycles. The van der Waals surface area contributed by atoms with Crippen molar-refractivity contribution in [3.8, 4) is 0 Å². The number of ether oxygens (including phenoxy) is 1. The SMILES string of the molecule is CNC(c1ccccc1Cl)C(OC)C(C)C. The Kier molecular flexibility index (Phi) is 5.26. The molecule has 0 aromatic heterocycles. The van der Waals surface area contributed by atoms with E-state index < -0.39 is 0 Å². The lowest BCUT2D eigenvalue weighted by atomic mass is 9.93. The molecule has 0 aliphatic carbocycles. The van der Waals surface area contributed by atoms with Crippen molar-refractivity contribution in [2.75, 3.05) is 14.2 Å². The Morgan fingerprint density at radius 1 is 1.25 bits per heavy atom. The fourth-order valence-electron chi connectivity index (χ4n) is 2.02. The molecule has 0 amide bonds. The molecule has 1 N–H and O–H groups in total. The van der Waals surface area contributed by atoms with Crippen LogP contribution in [0.5, 0.6) is 0 Å². The molecular weight excluding hydrogens is 222 g/mol. The van der Waals surface area contributed by atoms with Crippen LogP contribution in [0.3, 0.4) is 0 Å². The van der Waals surface area contributed by atoms with Crippen LogP contribution in [0.25, 0.3) is 0 Å². The lowest BCUT2D eigenvalue weighted by Gasteiger charge is -2.29. The molecule has 0 fully saturated rings. The van der Waals surface area contributed by atoms with Crippen molar-refractivity contribution in [2.24, 2.45) is 5.92 Å². The minimum atomic E-state index is 0.116. The van der Waals surface area contributed by atoms with Gasteiger partial charge >= 0.3 is 0 Å². The largest absolute Gasteiger partial charge is 0.379 e. The van der Waals surface area contributed by atoms with Gasteiger partial charge in [0.15, 0.2) is 0 Å². The molecular formula is C13H20ClNO. The van der Waals surface area contributed by atoms with E-state index in [9.17, 15) is 0 Å². The van der Waals surface area contributed by atoms with Crippen molar-refractivity contribution in [1.82, 2.24) is 5.32 Å². The van der Waals surface area contributed by atoms with Crippen LogP contribution in [-0.2, 0) is 4.74 Å². The molecule has 0 aliphatic heterocycles. The molecule has 0 bridgehead atoms. The normalized spacial score (nSPS) is 15.1. The van der Waals surface area contributed by atoms with Crippen LogP contribution in [0.4, 0.5) is 0 Å².